The molecule has 29 heavy (non-hydrogen) atoms. The second kappa shape index (κ2) is 7.75. The molecule has 1 saturated heterocycles. The molecule has 3 aromatic heterocycles. The summed E-state index contributed by atoms with van der Waals surface area (Å²) in [5.41, 5.74) is 1.95. The lowest BCUT2D eigenvalue weighted by atomic mass is 10.2. The van der Waals surface area contributed by atoms with Gasteiger partial charge >= 0.3 is 0 Å². The number of hydrogen-bond acceptors (Lipinski definition) is 7. The van der Waals surface area contributed by atoms with E-state index in [1.165, 1.54) is 10.7 Å². The molecule has 1 N–H and O–H groups in total. The van der Waals surface area contributed by atoms with E-state index in [9.17, 15) is 4.79 Å². The van der Waals surface area contributed by atoms with Crippen molar-refractivity contribution >= 4 is 23.1 Å². The van der Waals surface area contributed by atoms with Crippen LogP contribution in [0.4, 0.5) is 11.5 Å². The van der Waals surface area contributed by atoms with Gasteiger partial charge in [-0.2, -0.15) is 15.3 Å². The second-order valence-corrected chi connectivity index (χ2v) is 7.08. The van der Waals surface area contributed by atoms with Crippen LogP contribution in [0.2, 0.25) is 0 Å². The third-order valence-corrected chi connectivity index (χ3v) is 4.61. The van der Waals surface area contributed by atoms with E-state index in [2.05, 4.69) is 26.5 Å². The van der Waals surface area contributed by atoms with Gasteiger partial charge in [-0.1, -0.05) is 0 Å². The van der Waals surface area contributed by atoms with Crippen molar-refractivity contribution < 1.29 is 9.53 Å². The molecule has 1 aliphatic rings. The van der Waals surface area contributed by atoms with Gasteiger partial charge in [-0.25, -0.2) is 9.50 Å². The van der Waals surface area contributed by atoms with E-state index in [1.807, 2.05) is 18.7 Å². The maximum atomic E-state index is 12.9. The fourth-order valence-corrected chi connectivity index (χ4v) is 3.28. The fraction of sp³-hybridized carbons (Fsp3) is 0.350. The molecule has 1 fully saturated rings. The average Bonchev–Trinajstić information content (AvgIpc) is 3.37. The Morgan fingerprint density at radius 2 is 2.07 bits per heavy atom. The molecule has 9 heteroatoms. The van der Waals surface area contributed by atoms with E-state index in [-0.39, 0.29) is 12.0 Å². The standard InChI is InChI=1S/C20H21N7O2/c1-13(2)29-19-15(20(28)26-9-3-4-10-26)5-6-17(25-19)24-16-7-8-23-27-14(11-21)12-22-18(16)27/h5-8,12-13H,3-4,9-10H2,1-2H3,(H,24,25). The van der Waals surface area contributed by atoms with Crippen molar-refractivity contribution in [1.82, 2.24) is 24.5 Å². The Morgan fingerprint density at radius 1 is 1.28 bits per heavy atom. The molecular weight excluding hydrogens is 370 g/mol. The lowest BCUT2D eigenvalue weighted by molar-refractivity contribution is 0.0785. The molecule has 0 spiro atoms. The summed E-state index contributed by atoms with van der Waals surface area (Å²) in [7, 11) is 0. The first-order valence-corrected chi connectivity index (χ1v) is 9.53. The van der Waals surface area contributed by atoms with E-state index in [1.54, 1.807) is 24.4 Å². The summed E-state index contributed by atoms with van der Waals surface area (Å²) < 4.78 is 7.30. The maximum absolute atomic E-state index is 12.9. The molecular formula is C20H21N7O2. The van der Waals surface area contributed by atoms with Crippen LogP contribution >= 0.6 is 0 Å². The number of nitriles is 1. The van der Waals surface area contributed by atoms with E-state index >= 15 is 0 Å². The molecule has 4 heterocycles. The number of carbonyl (C=O) groups is 1. The molecule has 0 aliphatic carbocycles. The highest BCUT2D eigenvalue weighted by molar-refractivity contribution is 5.97. The highest BCUT2D eigenvalue weighted by atomic mass is 16.5. The van der Waals surface area contributed by atoms with Crippen molar-refractivity contribution in [2.24, 2.45) is 0 Å². The van der Waals surface area contributed by atoms with Gasteiger partial charge in [0, 0.05) is 13.1 Å². The van der Waals surface area contributed by atoms with Crippen LogP contribution in [0, 0.1) is 11.3 Å². The van der Waals surface area contributed by atoms with Crippen LogP contribution in [0.5, 0.6) is 5.88 Å². The number of hydrogen-bond donors (Lipinski definition) is 1. The van der Waals surface area contributed by atoms with Crippen molar-refractivity contribution in [2.75, 3.05) is 18.4 Å². The molecule has 0 aromatic carbocycles. The normalized spacial score (nSPS) is 13.7. The first kappa shape index (κ1) is 18.7. The van der Waals surface area contributed by atoms with Gasteiger partial charge < -0.3 is 15.0 Å². The number of rotatable bonds is 5. The number of amides is 1. The van der Waals surface area contributed by atoms with Gasteiger partial charge in [0.1, 0.15) is 17.5 Å². The number of likely N-dealkylation sites (tertiary alicyclic amines) is 1. The van der Waals surface area contributed by atoms with Crippen LogP contribution in [0.1, 0.15) is 42.7 Å². The highest BCUT2D eigenvalue weighted by Gasteiger charge is 2.24. The van der Waals surface area contributed by atoms with Gasteiger partial charge in [0.15, 0.2) is 11.3 Å². The minimum absolute atomic E-state index is 0.0598. The maximum Gasteiger partial charge on any atom is 0.259 e. The van der Waals surface area contributed by atoms with Gasteiger partial charge in [-0.15, -0.1) is 0 Å². The van der Waals surface area contributed by atoms with Crippen LogP contribution < -0.4 is 10.1 Å². The van der Waals surface area contributed by atoms with Crippen LogP contribution in [0.25, 0.3) is 5.65 Å². The second-order valence-electron chi connectivity index (χ2n) is 7.08. The Balaban J connectivity index is 1.67. The molecule has 0 saturated carbocycles. The topological polar surface area (TPSA) is 108 Å². The van der Waals surface area contributed by atoms with Gasteiger partial charge in [0.05, 0.1) is 24.2 Å². The van der Waals surface area contributed by atoms with Crippen molar-refractivity contribution in [3.05, 3.63) is 41.9 Å². The summed E-state index contributed by atoms with van der Waals surface area (Å²) in [6, 6.07) is 7.27. The molecule has 0 bridgehead atoms. The van der Waals surface area contributed by atoms with Crippen LogP contribution in [0.15, 0.2) is 30.6 Å². The summed E-state index contributed by atoms with van der Waals surface area (Å²) in [6.45, 7) is 5.31. The Morgan fingerprint density at radius 3 is 2.79 bits per heavy atom. The summed E-state index contributed by atoms with van der Waals surface area (Å²) in [4.78, 5) is 23.5. The Labute approximate surface area is 167 Å². The SMILES string of the molecule is CC(C)Oc1nc(Nc2ccnn3c(C#N)cnc23)ccc1C(=O)N1CCCC1. The number of anilines is 2. The molecule has 0 unspecified atom stereocenters. The van der Waals surface area contributed by atoms with Crippen molar-refractivity contribution in [3.63, 3.8) is 0 Å². The molecule has 1 amide bonds. The number of nitrogens with one attached hydrogen (secondary N) is 1. The monoisotopic (exact) mass is 391 g/mol. The molecule has 0 radical (unpaired) electrons. The largest absolute Gasteiger partial charge is 0.474 e. The van der Waals surface area contributed by atoms with Crippen LogP contribution in [-0.4, -0.2) is 49.6 Å². The van der Waals surface area contributed by atoms with E-state index in [0.717, 1.165) is 25.9 Å². The third kappa shape index (κ3) is 3.69. The Hall–Kier alpha value is -3.67. The molecule has 3 aromatic rings. The average molecular weight is 391 g/mol. The highest BCUT2D eigenvalue weighted by Crippen LogP contribution is 2.26. The lowest BCUT2D eigenvalue weighted by Gasteiger charge is -2.19. The predicted octanol–water partition coefficient (Wildman–Crippen LogP) is 2.76. The van der Waals surface area contributed by atoms with Crippen LogP contribution in [-0.2, 0) is 0 Å². The van der Waals surface area contributed by atoms with Crippen LogP contribution in [0.3, 0.4) is 0 Å². The summed E-state index contributed by atoms with van der Waals surface area (Å²) >= 11 is 0. The molecule has 4 rings (SSSR count). The number of ether oxygens (including phenoxy) is 1. The zero-order valence-electron chi connectivity index (χ0n) is 16.3. The first-order chi connectivity index (χ1) is 14.1. The van der Waals surface area contributed by atoms with Crippen molar-refractivity contribution in [2.45, 2.75) is 32.8 Å². The van der Waals surface area contributed by atoms with Gasteiger partial charge in [0.25, 0.3) is 5.91 Å². The molecule has 148 valence electrons. The van der Waals surface area contributed by atoms with Crippen molar-refractivity contribution in [1.29, 1.82) is 5.26 Å². The summed E-state index contributed by atoms with van der Waals surface area (Å²) in [6.07, 6.45) is 4.96. The van der Waals surface area contributed by atoms with Gasteiger partial charge in [-0.3, -0.25) is 4.79 Å². The van der Waals surface area contributed by atoms with E-state index < -0.39 is 0 Å². The molecule has 0 atom stereocenters. The number of fused-ring (bicyclic) bond motifs is 1. The number of aromatic nitrogens is 4. The zero-order chi connectivity index (χ0) is 20.4. The number of nitrogens with zero attached hydrogens (tertiary/aromatic N) is 6. The lowest BCUT2D eigenvalue weighted by Crippen LogP contribution is -2.28. The number of carbonyl (C=O) groups excluding carboxylic acids is 1. The van der Waals surface area contributed by atoms with E-state index in [0.29, 0.717) is 34.3 Å². The zero-order valence-corrected chi connectivity index (χ0v) is 16.3. The fourth-order valence-electron chi connectivity index (χ4n) is 3.28. The van der Waals surface area contributed by atoms with Gasteiger partial charge in [0.2, 0.25) is 5.88 Å². The smallest absolute Gasteiger partial charge is 0.259 e. The summed E-state index contributed by atoms with van der Waals surface area (Å²) in [5, 5.41) is 16.5. The number of pyridine rings is 1. The summed E-state index contributed by atoms with van der Waals surface area (Å²) in [5.74, 6) is 0.747. The predicted molar refractivity (Wildman–Crippen MR) is 106 cm³/mol. The third-order valence-electron chi connectivity index (χ3n) is 4.61. The first-order valence-electron chi connectivity index (χ1n) is 9.53. The van der Waals surface area contributed by atoms with Crippen molar-refractivity contribution in [3.8, 4) is 11.9 Å². The molecule has 1 aliphatic heterocycles. The molecule has 9 nitrogen and oxygen atoms in total. The Bertz CT molecular complexity index is 1090. The Kier molecular flexibility index (Phi) is 4.99. The number of imidazole rings is 1. The quantitative estimate of drug-likeness (QED) is 0.712. The minimum Gasteiger partial charge on any atom is -0.474 e. The van der Waals surface area contributed by atoms with E-state index in [4.69, 9.17) is 10.00 Å². The van der Waals surface area contributed by atoms with Gasteiger partial charge in [-0.05, 0) is 44.9 Å². The minimum atomic E-state index is -0.124.